The van der Waals surface area contributed by atoms with Crippen LogP contribution in [0.4, 0.5) is 15.8 Å². The van der Waals surface area contributed by atoms with Gasteiger partial charge in [0.05, 0.1) is 28.8 Å². The Morgan fingerprint density at radius 3 is 2.79 bits per heavy atom. The fraction of sp³-hybridized carbons (Fsp3) is 0.227. The molecule has 0 fully saturated rings. The lowest BCUT2D eigenvalue weighted by Gasteiger charge is -2.22. The zero-order chi connectivity index (χ0) is 20.1. The van der Waals surface area contributed by atoms with E-state index < -0.39 is 5.82 Å². The van der Waals surface area contributed by atoms with Gasteiger partial charge >= 0.3 is 0 Å². The van der Waals surface area contributed by atoms with Crippen molar-refractivity contribution in [1.29, 1.82) is 0 Å². The first-order valence-electron chi connectivity index (χ1n) is 9.62. The Labute approximate surface area is 167 Å². The molecule has 29 heavy (non-hydrogen) atoms. The van der Waals surface area contributed by atoms with Gasteiger partial charge in [-0.05, 0) is 55.5 Å². The molecule has 146 valence electrons. The molecule has 5 rings (SSSR count). The van der Waals surface area contributed by atoms with Crippen molar-refractivity contribution in [2.75, 3.05) is 17.2 Å². The molecule has 3 aromatic rings. The van der Waals surface area contributed by atoms with Crippen molar-refractivity contribution in [2.24, 2.45) is 0 Å². The molecule has 0 unspecified atom stereocenters. The first-order valence-corrected chi connectivity index (χ1v) is 9.62. The highest BCUT2D eigenvalue weighted by atomic mass is 19.1. The Bertz CT molecular complexity index is 1180. The standard InChI is InChI=1S/C22H20FN5O/c1-11-14(16-10-25-18-4-3-5-24-20(18)12(16)2)7-17(23)21-19(11)15(22(29)28-21)6-13-8-26-27-9-13/h6-10,24H,3-5H2,1-2H3,(H,26,27)(H,28,29)/b15-6-. The smallest absolute Gasteiger partial charge is 0.256 e. The third-order valence-electron chi connectivity index (χ3n) is 5.72. The topological polar surface area (TPSA) is 82.7 Å². The van der Waals surface area contributed by atoms with Gasteiger partial charge in [0.25, 0.3) is 5.91 Å². The van der Waals surface area contributed by atoms with Crippen molar-refractivity contribution in [1.82, 2.24) is 15.2 Å². The van der Waals surface area contributed by atoms with Gasteiger partial charge in [-0.1, -0.05) is 0 Å². The number of H-pyrrole nitrogens is 1. The van der Waals surface area contributed by atoms with Crippen molar-refractivity contribution in [3.05, 3.63) is 58.4 Å². The van der Waals surface area contributed by atoms with Gasteiger partial charge in [0.1, 0.15) is 5.82 Å². The van der Waals surface area contributed by atoms with E-state index in [0.29, 0.717) is 11.1 Å². The molecule has 1 aromatic carbocycles. The van der Waals surface area contributed by atoms with Crippen LogP contribution in [0.2, 0.25) is 0 Å². The second-order valence-corrected chi connectivity index (χ2v) is 7.47. The maximum absolute atomic E-state index is 15.0. The highest BCUT2D eigenvalue weighted by Gasteiger charge is 2.31. The summed E-state index contributed by atoms with van der Waals surface area (Å²) in [6.45, 7) is 4.86. The Hall–Kier alpha value is -3.48. The fourth-order valence-electron chi connectivity index (χ4n) is 4.25. The average molecular weight is 389 g/mol. The number of aryl methyl sites for hydroxylation is 1. The van der Waals surface area contributed by atoms with Crippen LogP contribution in [0.3, 0.4) is 0 Å². The number of pyridine rings is 1. The van der Waals surface area contributed by atoms with E-state index in [2.05, 4.69) is 25.8 Å². The van der Waals surface area contributed by atoms with Gasteiger partial charge in [0.2, 0.25) is 0 Å². The molecule has 0 saturated heterocycles. The Balaban J connectivity index is 1.71. The SMILES string of the molecule is Cc1c(-c2cc(F)c3c(c2C)/C(=C/c2cn[nH]c2)C(=O)N3)cnc2c1NCCC2. The molecule has 0 radical (unpaired) electrons. The molecule has 6 nitrogen and oxygen atoms in total. The molecule has 7 heteroatoms. The minimum Gasteiger partial charge on any atom is -0.383 e. The molecule has 1 amide bonds. The van der Waals surface area contributed by atoms with E-state index in [1.807, 2.05) is 20.0 Å². The minimum absolute atomic E-state index is 0.229. The monoisotopic (exact) mass is 389 g/mol. The summed E-state index contributed by atoms with van der Waals surface area (Å²) in [4.78, 5) is 17.2. The summed E-state index contributed by atoms with van der Waals surface area (Å²) in [7, 11) is 0. The number of carbonyl (C=O) groups is 1. The lowest BCUT2D eigenvalue weighted by atomic mass is 9.90. The van der Waals surface area contributed by atoms with E-state index in [9.17, 15) is 4.79 Å². The number of nitrogens with one attached hydrogen (secondary N) is 3. The number of aromatic nitrogens is 3. The third-order valence-corrected chi connectivity index (χ3v) is 5.72. The van der Waals surface area contributed by atoms with Gasteiger partial charge in [0, 0.05) is 35.6 Å². The average Bonchev–Trinajstić information content (AvgIpc) is 3.35. The third kappa shape index (κ3) is 2.73. The number of anilines is 2. The van der Waals surface area contributed by atoms with Crippen LogP contribution >= 0.6 is 0 Å². The predicted molar refractivity (Wildman–Crippen MR) is 111 cm³/mol. The van der Waals surface area contributed by atoms with E-state index in [1.165, 1.54) is 6.07 Å². The Kier molecular flexibility index (Phi) is 3.97. The highest BCUT2D eigenvalue weighted by molar-refractivity contribution is 6.35. The molecular formula is C22H20FN5O. The van der Waals surface area contributed by atoms with E-state index in [1.54, 1.807) is 18.5 Å². The van der Waals surface area contributed by atoms with Gasteiger partial charge in [-0.25, -0.2) is 4.39 Å². The van der Waals surface area contributed by atoms with Crippen LogP contribution in [-0.4, -0.2) is 27.6 Å². The number of hydrogen-bond acceptors (Lipinski definition) is 4. The van der Waals surface area contributed by atoms with Gasteiger partial charge < -0.3 is 10.6 Å². The number of nitrogens with zero attached hydrogens (tertiary/aromatic N) is 2. The molecule has 0 spiro atoms. The number of hydrogen-bond donors (Lipinski definition) is 3. The molecule has 2 aliphatic rings. The van der Waals surface area contributed by atoms with Crippen molar-refractivity contribution in [2.45, 2.75) is 26.7 Å². The van der Waals surface area contributed by atoms with Crippen LogP contribution in [0.1, 0.15) is 34.4 Å². The summed E-state index contributed by atoms with van der Waals surface area (Å²) in [6.07, 6.45) is 8.85. The van der Waals surface area contributed by atoms with E-state index in [0.717, 1.165) is 58.6 Å². The molecule has 0 atom stereocenters. The maximum Gasteiger partial charge on any atom is 0.256 e. The summed E-state index contributed by atoms with van der Waals surface area (Å²) in [5, 5.41) is 12.7. The lowest BCUT2D eigenvalue weighted by molar-refractivity contribution is -0.110. The molecular weight excluding hydrogens is 369 g/mol. The lowest BCUT2D eigenvalue weighted by Crippen LogP contribution is -2.15. The minimum atomic E-state index is -0.449. The van der Waals surface area contributed by atoms with Crippen molar-refractivity contribution >= 4 is 28.9 Å². The molecule has 2 aromatic heterocycles. The van der Waals surface area contributed by atoms with E-state index >= 15 is 4.39 Å². The van der Waals surface area contributed by atoms with Crippen LogP contribution < -0.4 is 10.6 Å². The summed E-state index contributed by atoms with van der Waals surface area (Å²) in [5.74, 6) is -0.767. The van der Waals surface area contributed by atoms with Gasteiger partial charge in [-0.15, -0.1) is 0 Å². The largest absolute Gasteiger partial charge is 0.383 e. The molecule has 0 saturated carbocycles. The quantitative estimate of drug-likeness (QED) is 0.577. The number of halogens is 1. The number of aromatic amines is 1. The Morgan fingerprint density at radius 2 is 2.00 bits per heavy atom. The second-order valence-electron chi connectivity index (χ2n) is 7.47. The predicted octanol–water partition coefficient (Wildman–Crippen LogP) is 4.08. The normalized spacial score (nSPS) is 16.4. The van der Waals surface area contributed by atoms with Crippen molar-refractivity contribution < 1.29 is 9.18 Å². The van der Waals surface area contributed by atoms with Crippen LogP contribution in [-0.2, 0) is 11.2 Å². The number of amides is 1. The van der Waals surface area contributed by atoms with Crippen LogP contribution in [0.15, 0.2) is 24.7 Å². The number of benzene rings is 1. The van der Waals surface area contributed by atoms with E-state index in [4.69, 9.17) is 0 Å². The maximum atomic E-state index is 15.0. The Morgan fingerprint density at radius 1 is 1.14 bits per heavy atom. The molecule has 0 aliphatic carbocycles. The van der Waals surface area contributed by atoms with Crippen LogP contribution in [0.5, 0.6) is 0 Å². The molecule has 4 heterocycles. The molecule has 0 bridgehead atoms. The van der Waals surface area contributed by atoms with E-state index in [-0.39, 0.29) is 11.6 Å². The summed E-state index contributed by atoms with van der Waals surface area (Å²) >= 11 is 0. The van der Waals surface area contributed by atoms with Crippen LogP contribution in [0.25, 0.3) is 22.8 Å². The summed E-state index contributed by atoms with van der Waals surface area (Å²) < 4.78 is 15.0. The molecule has 2 aliphatic heterocycles. The number of carbonyl (C=O) groups excluding carboxylic acids is 1. The zero-order valence-corrected chi connectivity index (χ0v) is 16.2. The molecule has 3 N–H and O–H groups in total. The second kappa shape index (κ2) is 6.55. The first-order chi connectivity index (χ1) is 14.0. The van der Waals surface area contributed by atoms with Gasteiger partial charge in [-0.2, -0.15) is 5.10 Å². The van der Waals surface area contributed by atoms with Gasteiger partial charge in [-0.3, -0.25) is 14.9 Å². The highest BCUT2D eigenvalue weighted by Crippen LogP contribution is 2.43. The fourth-order valence-corrected chi connectivity index (χ4v) is 4.25. The summed E-state index contributed by atoms with van der Waals surface area (Å²) in [5.41, 5.74) is 7.61. The number of rotatable bonds is 2. The van der Waals surface area contributed by atoms with Gasteiger partial charge in [0.15, 0.2) is 0 Å². The number of fused-ring (bicyclic) bond motifs is 2. The van der Waals surface area contributed by atoms with Crippen molar-refractivity contribution in [3.63, 3.8) is 0 Å². The summed E-state index contributed by atoms with van der Waals surface area (Å²) in [6, 6.07) is 1.49. The zero-order valence-electron chi connectivity index (χ0n) is 16.2. The first kappa shape index (κ1) is 17.6. The van der Waals surface area contributed by atoms with Crippen molar-refractivity contribution in [3.8, 4) is 11.1 Å². The van der Waals surface area contributed by atoms with Crippen LogP contribution in [0, 0.1) is 19.7 Å².